The molecule has 0 saturated carbocycles. The largest absolute Gasteiger partial charge is 0.508 e. The number of phenols is 1. The number of nitrogens with one attached hydrogen (secondary N) is 2. The minimum absolute atomic E-state index is 0.260. The molecule has 2 rings (SSSR count). The number of hydrogen-bond acceptors (Lipinski definition) is 4. The van der Waals surface area contributed by atoms with E-state index in [2.05, 4.69) is 15.3 Å². The highest BCUT2D eigenvalue weighted by atomic mass is 16.5. The molecule has 0 amide bonds. The van der Waals surface area contributed by atoms with Crippen LogP contribution in [0.2, 0.25) is 0 Å². The maximum absolute atomic E-state index is 9.36. The minimum Gasteiger partial charge on any atom is -0.508 e. The first-order valence-electron chi connectivity index (χ1n) is 6.17. The number of H-pyrrole nitrogens is 1. The first kappa shape index (κ1) is 12.9. The Balaban J connectivity index is 1.81. The molecule has 3 N–H and O–H groups in total. The molecule has 1 aromatic carbocycles. The van der Waals surface area contributed by atoms with Gasteiger partial charge in [-0.3, -0.25) is 0 Å². The number of phenolic OH excluding ortho intramolecular Hbond substituents is 1. The molecule has 18 heavy (non-hydrogen) atoms. The molecule has 0 aliphatic carbocycles. The smallest absolute Gasteiger partial charge is 0.117 e. The maximum Gasteiger partial charge on any atom is 0.117 e. The zero-order chi connectivity index (χ0) is 12.8. The van der Waals surface area contributed by atoms with Gasteiger partial charge in [-0.2, -0.15) is 0 Å². The van der Waals surface area contributed by atoms with E-state index in [0.29, 0.717) is 0 Å². The molecule has 98 valence electrons. The number of methoxy groups -OCH3 is 1. The lowest BCUT2D eigenvalue weighted by atomic mass is 10.3. The van der Waals surface area contributed by atoms with Gasteiger partial charge in [-0.1, -0.05) is 0 Å². The summed E-state index contributed by atoms with van der Waals surface area (Å²) in [6.07, 6.45) is 1.87. The Bertz CT molecular complexity index is 496. The first-order valence-corrected chi connectivity index (χ1v) is 6.17. The molecule has 0 radical (unpaired) electrons. The van der Waals surface area contributed by atoms with Gasteiger partial charge in [0.1, 0.15) is 11.6 Å². The monoisotopic (exact) mass is 249 g/mol. The number of nitrogens with zero attached hydrogens (tertiary/aromatic N) is 1. The van der Waals surface area contributed by atoms with Gasteiger partial charge >= 0.3 is 0 Å². The van der Waals surface area contributed by atoms with E-state index < -0.39 is 0 Å². The molecular weight excluding hydrogens is 230 g/mol. The van der Waals surface area contributed by atoms with Crippen LogP contribution in [0, 0.1) is 0 Å². The van der Waals surface area contributed by atoms with Crippen molar-refractivity contribution in [3.63, 3.8) is 0 Å². The predicted molar refractivity (Wildman–Crippen MR) is 70.8 cm³/mol. The Kier molecular flexibility index (Phi) is 4.55. The molecule has 1 heterocycles. The SMILES string of the molecule is COCCCNCCc1nc2ccc(O)cc2[nH]1. The van der Waals surface area contributed by atoms with Gasteiger partial charge in [-0.05, 0) is 25.1 Å². The van der Waals surface area contributed by atoms with Gasteiger partial charge < -0.3 is 20.1 Å². The Labute approximate surface area is 106 Å². The maximum atomic E-state index is 9.36. The Hall–Kier alpha value is -1.59. The number of rotatable bonds is 7. The van der Waals surface area contributed by atoms with Crippen LogP contribution >= 0.6 is 0 Å². The third-order valence-corrected chi connectivity index (χ3v) is 2.76. The minimum atomic E-state index is 0.260. The van der Waals surface area contributed by atoms with E-state index in [1.807, 2.05) is 6.07 Å². The Morgan fingerprint density at radius 3 is 3.11 bits per heavy atom. The second-order valence-electron chi connectivity index (χ2n) is 4.23. The summed E-state index contributed by atoms with van der Waals surface area (Å²) in [6, 6.07) is 5.16. The van der Waals surface area contributed by atoms with Crippen LogP contribution in [0.15, 0.2) is 18.2 Å². The molecule has 2 aromatic rings. The Morgan fingerprint density at radius 1 is 1.39 bits per heavy atom. The van der Waals surface area contributed by atoms with Crippen molar-refractivity contribution in [3.8, 4) is 5.75 Å². The number of imidazole rings is 1. The quantitative estimate of drug-likeness (QED) is 0.649. The summed E-state index contributed by atoms with van der Waals surface area (Å²) in [4.78, 5) is 7.66. The van der Waals surface area contributed by atoms with E-state index in [4.69, 9.17) is 4.74 Å². The fraction of sp³-hybridized carbons (Fsp3) is 0.462. The summed E-state index contributed by atoms with van der Waals surface area (Å²) in [6.45, 7) is 2.63. The second kappa shape index (κ2) is 6.37. The van der Waals surface area contributed by atoms with Crippen LogP contribution in [-0.4, -0.2) is 41.9 Å². The summed E-state index contributed by atoms with van der Waals surface area (Å²) in [5.74, 6) is 1.20. The van der Waals surface area contributed by atoms with Gasteiger partial charge in [0.05, 0.1) is 11.0 Å². The van der Waals surface area contributed by atoms with Crippen molar-refractivity contribution in [1.29, 1.82) is 0 Å². The van der Waals surface area contributed by atoms with Crippen LogP contribution in [0.5, 0.6) is 5.75 Å². The molecule has 5 heteroatoms. The zero-order valence-electron chi connectivity index (χ0n) is 10.6. The van der Waals surface area contributed by atoms with E-state index >= 15 is 0 Å². The number of aromatic hydroxyl groups is 1. The van der Waals surface area contributed by atoms with E-state index in [9.17, 15) is 5.11 Å². The van der Waals surface area contributed by atoms with Crippen molar-refractivity contribution in [2.75, 3.05) is 26.8 Å². The normalized spacial score (nSPS) is 11.2. The van der Waals surface area contributed by atoms with Gasteiger partial charge in [-0.25, -0.2) is 4.98 Å². The summed E-state index contributed by atoms with van der Waals surface area (Å²) in [5, 5.41) is 12.7. The number of aromatic amines is 1. The molecular formula is C13H19N3O2. The highest BCUT2D eigenvalue weighted by molar-refractivity contribution is 5.76. The number of fused-ring (bicyclic) bond motifs is 1. The van der Waals surface area contributed by atoms with Crippen molar-refractivity contribution in [2.45, 2.75) is 12.8 Å². The highest BCUT2D eigenvalue weighted by Gasteiger charge is 2.02. The first-order chi connectivity index (χ1) is 8.79. The van der Waals surface area contributed by atoms with E-state index in [1.54, 1.807) is 19.2 Å². The highest BCUT2D eigenvalue weighted by Crippen LogP contribution is 2.17. The van der Waals surface area contributed by atoms with Gasteiger partial charge in [0, 0.05) is 32.7 Å². The molecule has 0 atom stereocenters. The molecule has 5 nitrogen and oxygen atoms in total. The number of benzene rings is 1. The van der Waals surface area contributed by atoms with Crippen LogP contribution < -0.4 is 5.32 Å². The van der Waals surface area contributed by atoms with E-state index in [-0.39, 0.29) is 5.75 Å². The standard InChI is InChI=1S/C13H19N3O2/c1-18-8-2-6-14-7-5-13-15-11-4-3-10(17)9-12(11)16-13/h3-4,9,14,17H,2,5-8H2,1H3,(H,15,16). The molecule has 0 saturated heterocycles. The van der Waals surface area contributed by atoms with Crippen molar-refractivity contribution >= 4 is 11.0 Å². The summed E-state index contributed by atoms with van der Waals surface area (Å²) >= 11 is 0. The van der Waals surface area contributed by atoms with Crippen molar-refractivity contribution in [3.05, 3.63) is 24.0 Å². The molecule has 0 bridgehead atoms. The predicted octanol–water partition coefficient (Wildman–Crippen LogP) is 1.44. The van der Waals surface area contributed by atoms with Crippen LogP contribution in [-0.2, 0) is 11.2 Å². The number of hydrogen-bond donors (Lipinski definition) is 3. The molecule has 0 fully saturated rings. The number of aromatic nitrogens is 2. The van der Waals surface area contributed by atoms with Crippen molar-refractivity contribution in [2.24, 2.45) is 0 Å². The average molecular weight is 249 g/mol. The molecule has 0 aliphatic heterocycles. The Morgan fingerprint density at radius 2 is 2.28 bits per heavy atom. The van der Waals surface area contributed by atoms with Crippen LogP contribution in [0.4, 0.5) is 0 Å². The third-order valence-electron chi connectivity index (χ3n) is 2.76. The second-order valence-corrected chi connectivity index (χ2v) is 4.23. The topological polar surface area (TPSA) is 70.2 Å². The van der Waals surface area contributed by atoms with Crippen molar-refractivity contribution in [1.82, 2.24) is 15.3 Å². The van der Waals surface area contributed by atoms with Crippen LogP contribution in [0.3, 0.4) is 0 Å². The van der Waals surface area contributed by atoms with Gasteiger partial charge in [-0.15, -0.1) is 0 Å². The zero-order valence-corrected chi connectivity index (χ0v) is 10.6. The molecule has 0 spiro atoms. The third kappa shape index (κ3) is 3.45. The van der Waals surface area contributed by atoms with Crippen LogP contribution in [0.1, 0.15) is 12.2 Å². The lowest BCUT2D eigenvalue weighted by molar-refractivity contribution is 0.194. The number of ether oxygens (including phenoxy) is 1. The lowest BCUT2D eigenvalue weighted by Gasteiger charge is -2.02. The van der Waals surface area contributed by atoms with Crippen molar-refractivity contribution < 1.29 is 9.84 Å². The molecule has 1 aromatic heterocycles. The molecule has 0 unspecified atom stereocenters. The average Bonchev–Trinajstić information content (AvgIpc) is 2.75. The fourth-order valence-electron chi connectivity index (χ4n) is 1.84. The fourth-order valence-corrected chi connectivity index (χ4v) is 1.84. The lowest BCUT2D eigenvalue weighted by Crippen LogP contribution is -2.19. The van der Waals surface area contributed by atoms with Gasteiger partial charge in [0.15, 0.2) is 0 Å². The van der Waals surface area contributed by atoms with Gasteiger partial charge in [0.2, 0.25) is 0 Å². The van der Waals surface area contributed by atoms with Gasteiger partial charge in [0.25, 0.3) is 0 Å². The summed E-state index contributed by atoms with van der Waals surface area (Å²) in [5.41, 5.74) is 1.77. The van der Waals surface area contributed by atoms with E-state index in [0.717, 1.165) is 49.4 Å². The summed E-state index contributed by atoms with van der Waals surface area (Å²) < 4.78 is 4.98. The van der Waals surface area contributed by atoms with E-state index in [1.165, 1.54) is 0 Å². The summed E-state index contributed by atoms with van der Waals surface area (Å²) in [7, 11) is 1.71. The molecule has 0 aliphatic rings. The van der Waals surface area contributed by atoms with Crippen LogP contribution in [0.25, 0.3) is 11.0 Å².